The van der Waals surface area contributed by atoms with E-state index in [0.29, 0.717) is 17.3 Å². The van der Waals surface area contributed by atoms with Crippen LogP contribution in [0.15, 0.2) is 34.7 Å². The minimum atomic E-state index is -0.184. The number of hydrogen-bond donors (Lipinski definition) is 1. The van der Waals surface area contributed by atoms with E-state index in [1.54, 1.807) is 6.92 Å². The Balaban J connectivity index is 1.58. The van der Waals surface area contributed by atoms with E-state index in [2.05, 4.69) is 10.3 Å². The smallest absolute Gasteiger partial charge is 0.227 e. The molecule has 1 amide bonds. The van der Waals surface area contributed by atoms with Crippen LogP contribution >= 0.6 is 0 Å². The van der Waals surface area contributed by atoms with Crippen LogP contribution in [0.3, 0.4) is 0 Å². The minimum Gasteiger partial charge on any atom is -0.441 e. The highest BCUT2D eigenvalue weighted by Crippen LogP contribution is 2.22. The molecule has 1 fully saturated rings. The molecule has 24 heavy (non-hydrogen) atoms. The molecule has 1 N–H and O–H groups in total. The molecule has 126 valence electrons. The lowest BCUT2D eigenvalue weighted by Crippen LogP contribution is -2.34. The van der Waals surface area contributed by atoms with Gasteiger partial charge in [-0.05, 0) is 31.9 Å². The summed E-state index contributed by atoms with van der Waals surface area (Å²) in [4.78, 5) is 28.5. The Labute approximate surface area is 141 Å². The van der Waals surface area contributed by atoms with Crippen LogP contribution in [0.4, 0.5) is 0 Å². The van der Waals surface area contributed by atoms with Gasteiger partial charge in [-0.1, -0.05) is 31.0 Å². The highest BCUT2D eigenvalue weighted by molar-refractivity contribution is 5.98. The number of ketones is 1. The lowest BCUT2D eigenvalue weighted by Gasteiger charge is -2.10. The molecule has 1 aromatic carbocycles. The van der Waals surface area contributed by atoms with Crippen LogP contribution in [-0.2, 0) is 16.0 Å². The molecule has 0 unspecified atom stereocenters. The van der Waals surface area contributed by atoms with Crippen molar-refractivity contribution < 1.29 is 14.0 Å². The van der Waals surface area contributed by atoms with Gasteiger partial charge in [-0.15, -0.1) is 0 Å². The zero-order valence-electron chi connectivity index (χ0n) is 13.9. The number of aryl methyl sites for hydroxylation is 1. The van der Waals surface area contributed by atoms with Gasteiger partial charge < -0.3 is 9.73 Å². The quantitative estimate of drug-likeness (QED) is 0.827. The predicted molar refractivity (Wildman–Crippen MR) is 90.4 cm³/mol. The van der Waals surface area contributed by atoms with Crippen molar-refractivity contribution in [3.05, 3.63) is 41.8 Å². The summed E-state index contributed by atoms with van der Waals surface area (Å²) in [6, 6.07) is 9.80. The Hall–Kier alpha value is -2.43. The average Bonchev–Trinajstić information content (AvgIpc) is 3.18. The number of Topliss-reactive ketones (excluding diaryl/α,β-unsaturated/α-hetero) is 1. The van der Waals surface area contributed by atoms with Crippen LogP contribution < -0.4 is 5.32 Å². The first-order valence-corrected chi connectivity index (χ1v) is 8.44. The largest absolute Gasteiger partial charge is 0.441 e. The third kappa shape index (κ3) is 4.10. The third-order valence-electron chi connectivity index (χ3n) is 4.36. The Bertz CT molecular complexity index is 715. The van der Waals surface area contributed by atoms with Crippen LogP contribution in [0.1, 0.15) is 43.6 Å². The van der Waals surface area contributed by atoms with Gasteiger partial charge in [0, 0.05) is 11.6 Å². The summed E-state index contributed by atoms with van der Waals surface area (Å²) in [5, 5.41) is 2.94. The summed E-state index contributed by atoms with van der Waals surface area (Å²) in [5.41, 5.74) is 1.48. The fourth-order valence-electron chi connectivity index (χ4n) is 3.07. The van der Waals surface area contributed by atoms with Crippen molar-refractivity contribution in [3.63, 3.8) is 0 Å². The molecule has 5 heteroatoms. The lowest BCUT2D eigenvalue weighted by atomic mass is 10.1. The van der Waals surface area contributed by atoms with Crippen molar-refractivity contribution >= 4 is 11.7 Å². The van der Waals surface area contributed by atoms with E-state index < -0.39 is 0 Å². The molecule has 1 heterocycles. The van der Waals surface area contributed by atoms with E-state index in [-0.39, 0.29) is 30.6 Å². The highest BCUT2D eigenvalue weighted by Gasteiger charge is 2.20. The Morgan fingerprint density at radius 1 is 1.21 bits per heavy atom. The Morgan fingerprint density at radius 3 is 2.62 bits per heavy atom. The van der Waals surface area contributed by atoms with E-state index in [1.165, 1.54) is 0 Å². The molecule has 1 aliphatic carbocycles. The highest BCUT2D eigenvalue weighted by atomic mass is 16.4. The number of benzene rings is 1. The molecule has 3 rings (SSSR count). The minimum absolute atomic E-state index is 0.0938. The normalized spacial score (nSPS) is 14.7. The molecule has 0 spiro atoms. The number of rotatable bonds is 6. The van der Waals surface area contributed by atoms with Crippen LogP contribution in [0.5, 0.6) is 0 Å². The van der Waals surface area contributed by atoms with Crippen molar-refractivity contribution in [2.75, 3.05) is 0 Å². The van der Waals surface area contributed by atoms with Gasteiger partial charge in [0.2, 0.25) is 11.8 Å². The van der Waals surface area contributed by atoms with Gasteiger partial charge in [-0.2, -0.15) is 0 Å². The summed E-state index contributed by atoms with van der Waals surface area (Å²) < 4.78 is 5.65. The molecule has 2 aromatic rings. The maximum absolute atomic E-state index is 12.2. The van der Waals surface area contributed by atoms with Gasteiger partial charge in [-0.25, -0.2) is 4.98 Å². The summed E-state index contributed by atoms with van der Waals surface area (Å²) in [7, 11) is 0. The fraction of sp³-hybridized carbons (Fsp3) is 0.421. The first-order valence-electron chi connectivity index (χ1n) is 8.44. The Kier molecular flexibility index (Phi) is 5.08. The van der Waals surface area contributed by atoms with E-state index in [4.69, 9.17) is 4.42 Å². The molecule has 1 aliphatic rings. The Morgan fingerprint density at radius 2 is 1.92 bits per heavy atom. The molecule has 1 saturated carbocycles. The zero-order valence-corrected chi connectivity index (χ0v) is 13.9. The van der Waals surface area contributed by atoms with Crippen LogP contribution in [0.2, 0.25) is 0 Å². The van der Waals surface area contributed by atoms with Gasteiger partial charge in [-0.3, -0.25) is 9.59 Å². The van der Waals surface area contributed by atoms with Crippen LogP contribution in [0.25, 0.3) is 11.5 Å². The van der Waals surface area contributed by atoms with Crippen molar-refractivity contribution in [2.24, 2.45) is 0 Å². The van der Waals surface area contributed by atoms with Gasteiger partial charge in [0.15, 0.2) is 0 Å². The van der Waals surface area contributed by atoms with Crippen molar-refractivity contribution in [1.29, 1.82) is 0 Å². The summed E-state index contributed by atoms with van der Waals surface area (Å²) in [6.07, 6.45) is 4.37. The molecule has 0 saturated heterocycles. The summed E-state index contributed by atoms with van der Waals surface area (Å²) in [6.45, 7) is 1.79. The summed E-state index contributed by atoms with van der Waals surface area (Å²) in [5.74, 6) is 0.808. The van der Waals surface area contributed by atoms with E-state index in [1.807, 2.05) is 30.3 Å². The van der Waals surface area contributed by atoms with Crippen molar-refractivity contribution in [3.8, 4) is 11.5 Å². The van der Waals surface area contributed by atoms with Gasteiger partial charge in [0.05, 0.1) is 18.5 Å². The van der Waals surface area contributed by atoms with Crippen LogP contribution in [0, 0.1) is 6.92 Å². The molecule has 1 aromatic heterocycles. The van der Waals surface area contributed by atoms with Crippen molar-refractivity contribution in [2.45, 2.75) is 51.5 Å². The second-order valence-electron chi connectivity index (χ2n) is 6.33. The van der Waals surface area contributed by atoms with E-state index in [9.17, 15) is 9.59 Å². The van der Waals surface area contributed by atoms with Gasteiger partial charge in [0.1, 0.15) is 11.5 Å². The second kappa shape index (κ2) is 7.43. The monoisotopic (exact) mass is 326 g/mol. The summed E-state index contributed by atoms with van der Waals surface area (Å²) >= 11 is 0. The predicted octanol–water partition coefficient (Wildman–Crippen LogP) is 3.21. The number of carbonyl (C=O) groups excluding carboxylic acids is 2. The molecule has 0 atom stereocenters. The first-order chi connectivity index (χ1) is 11.6. The number of aromatic nitrogens is 1. The second-order valence-corrected chi connectivity index (χ2v) is 6.33. The van der Waals surface area contributed by atoms with E-state index >= 15 is 0 Å². The molecule has 0 bridgehead atoms. The molecule has 5 nitrogen and oxygen atoms in total. The van der Waals surface area contributed by atoms with Gasteiger partial charge >= 0.3 is 0 Å². The number of carbonyl (C=O) groups is 2. The molecule has 0 aliphatic heterocycles. The van der Waals surface area contributed by atoms with E-state index in [0.717, 1.165) is 31.2 Å². The number of nitrogens with one attached hydrogen (secondary N) is 1. The SMILES string of the molecule is Cc1oc(-c2ccccc2)nc1CC(=O)CC(=O)NC1CCCC1. The number of amides is 1. The number of hydrogen-bond acceptors (Lipinski definition) is 4. The third-order valence-corrected chi connectivity index (χ3v) is 4.36. The van der Waals surface area contributed by atoms with Crippen molar-refractivity contribution in [1.82, 2.24) is 10.3 Å². The maximum atomic E-state index is 12.2. The number of oxazole rings is 1. The topological polar surface area (TPSA) is 72.2 Å². The molecular weight excluding hydrogens is 304 g/mol. The standard InChI is InChI=1S/C19H22N2O3/c1-13-17(21-19(24-13)14-7-3-2-4-8-14)11-16(22)12-18(23)20-15-9-5-6-10-15/h2-4,7-8,15H,5-6,9-12H2,1H3,(H,20,23). The van der Waals surface area contributed by atoms with Crippen LogP contribution in [-0.4, -0.2) is 22.7 Å². The molecule has 0 radical (unpaired) electrons. The first kappa shape index (κ1) is 16.4. The fourth-order valence-corrected chi connectivity index (χ4v) is 3.07. The number of nitrogens with zero attached hydrogens (tertiary/aromatic N) is 1. The average molecular weight is 326 g/mol. The maximum Gasteiger partial charge on any atom is 0.227 e. The zero-order chi connectivity index (χ0) is 16.9. The molecular formula is C19H22N2O3. The van der Waals surface area contributed by atoms with Gasteiger partial charge in [0.25, 0.3) is 0 Å². The lowest BCUT2D eigenvalue weighted by molar-refractivity contribution is -0.128.